The Balaban J connectivity index is 2.72. The molecule has 0 spiro atoms. The number of amides is 1. The molecule has 19 heavy (non-hydrogen) atoms. The molecule has 0 bridgehead atoms. The van der Waals surface area contributed by atoms with Crippen molar-refractivity contribution >= 4 is 27.5 Å². The van der Waals surface area contributed by atoms with E-state index in [0.29, 0.717) is 17.5 Å². The topological polar surface area (TPSA) is 29.5 Å². The van der Waals surface area contributed by atoms with Crippen molar-refractivity contribution in [3.05, 3.63) is 41.1 Å². The fourth-order valence-electron chi connectivity index (χ4n) is 1.54. The van der Waals surface area contributed by atoms with Gasteiger partial charge < -0.3 is 9.64 Å². The van der Waals surface area contributed by atoms with Gasteiger partial charge in [-0.15, -0.1) is 6.58 Å². The average Bonchev–Trinajstić information content (AvgIpc) is 2.37. The minimum Gasteiger partial charge on any atom is -0.368 e. The molecule has 0 aromatic heterocycles. The van der Waals surface area contributed by atoms with Crippen LogP contribution < -0.4 is 4.90 Å². The minimum absolute atomic E-state index is 0.229. The molecular formula is C14H17BrFNO2. The van der Waals surface area contributed by atoms with Gasteiger partial charge in [0.15, 0.2) is 0 Å². The second-order valence-electron chi connectivity index (χ2n) is 4.08. The molecule has 1 aromatic carbocycles. The molecule has 3 nitrogen and oxygen atoms in total. The summed E-state index contributed by atoms with van der Waals surface area (Å²) in [5.74, 6) is -0.742. The minimum atomic E-state index is -0.618. The van der Waals surface area contributed by atoms with Crippen molar-refractivity contribution in [1.29, 1.82) is 0 Å². The van der Waals surface area contributed by atoms with Gasteiger partial charge in [-0.05, 0) is 31.5 Å². The predicted molar refractivity (Wildman–Crippen MR) is 77.7 cm³/mol. The van der Waals surface area contributed by atoms with E-state index < -0.39 is 11.9 Å². The number of rotatable bonds is 6. The molecule has 104 valence electrons. The van der Waals surface area contributed by atoms with Crippen molar-refractivity contribution in [2.75, 3.05) is 18.6 Å². The fraction of sp³-hybridized carbons (Fsp3) is 0.357. The van der Waals surface area contributed by atoms with Gasteiger partial charge in [-0.25, -0.2) is 4.39 Å². The van der Waals surface area contributed by atoms with Gasteiger partial charge in [-0.2, -0.15) is 0 Å². The zero-order valence-corrected chi connectivity index (χ0v) is 12.6. The van der Waals surface area contributed by atoms with Gasteiger partial charge in [-0.1, -0.05) is 22.0 Å². The molecule has 1 atom stereocenters. The van der Waals surface area contributed by atoms with Crippen molar-refractivity contribution in [2.24, 2.45) is 0 Å². The number of carbonyl (C=O) groups is 1. The predicted octanol–water partition coefficient (Wildman–Crippen LogP) is 3.53. The highest BCUT2D eigenvalue weighted by atomic mass is 79.9. The number of hydrogen-bond acceptors (Lipinski definition) is 2. The summed E-state index contributed by atoms with van der Waals surface area (Å²) in [5, 5.41) is 0. The third-order valence-electron chi connectivity index (χ3n) is 2.64. The Bertz CT molecular complexity index is 465. The third kappa shape index (κ3) is 4.44. The highest BCUT2D eigenvalue weighted by molar-refractivity contribution is 9.10. The summed E-state index contributed by atoms with van der Waals surface area (Å²) in [6, 6.07) is 4.56. The van der Waals surface area contributed by atoms with Crippen molar-refractivity contribution in [3.63, 3.8) is 0 Å². The fourth-order valence-corrected chi connectivity index (χ4v) is 1.88. The molecule has 0 N–H and O–H groups in total. The number of likely N-dealkylation sites (N-methyl/N-ethyl adjacent to an activating group) is 1. The van der Waals surface area contributed by atoms with Crippen LogP contribution in [0.5, 0.6) is 0 Å². The molecule has 0 heterocycles. The monoisotopic (exact) mass is 329 g/mol. The normalized spacial score (nSPS) is 12.0. The first-order valence-corrected chi connectivity index (χ1v) is 6.71. The third-order valence-corrected chi connectivity index (χ3v) is 3.13. The first-order chi connectivity index (χ1) is 8.97. The number of anilines is 1. The molecule has 0 radical (unpaired) electrons. The lowest BCUT2D eigenvalue weighted by Crippen LogP contribution is -2.37. The first kappa shape index (κ1) is 15.9. The van der Waals surface area contributed by atoms with E-state index in [2.05, 4.69) is 22.5 Å². The first-order valence-electron chi connectivity index (χ1n) is 5.92. The maximum Gasteiger partial charge on any atom is 0.255 e. The standard InChI is InChI=1S/C14H17BrFNO2/c1-4-5-8-19-10(2)14(18)17(3)13-7-6-11(15)9-12(13)16/h4,6-7,9-10H,1,5,8H2,2-3H3. The Kier molecular flexibility index (Phi) is 6.18. The number of benzene rings is 1. The molecule has 0 aliphatic heterocycles. The smallest absolute Gasteiger partial charge is 0.255 e. The number of nitrogens with zero attached hydrogens (tertiary/aromatic N) is 1. The van der Waals surface area contributed by atoms with Crippen LogP contribution >= 0.6 is 15.9 Å². The summed E-state index contributed by atoms with van der Waals surface area (Å²) < 4.78 is 19.7. The molecule has 0 aliphatic carbocycles. The van der Waals surface area contributed by atoms with Crippen LogP contribution in [-0.4, -0.2) is 25.7 Å². The van der Waals surface area contributed by atoms with E-state index in [1.807, 2.05) is 0 Å². The Hall–Kier alpha value is -1.20. The van der Waals surface area contributed by atoms with Gasteiger partial charge in [0.1, 0.15) is 11.9 Å². The van der Waals surface area contributed by atoms with E-state index in [4.69, 9.17) is 4.74 Å². The lowest BCUT2D eigenvalue weighted by atomic mass is 10.2. The van der Waals surface area contributed by atoms with E-state index in [9.17, 15) is 9.18 Å². The Morgan fingerprint density at radius 2 is 2.32 bits per heavy atom. The van der Waals surface area contributed by atoms with Crippen LogP contribution in [0.2, 0.25) is 0 Å². The number of carbonyl (C=O) groups excluding carboxylic acids is 1. The number of ether oxygens (including phenoxy) is 1. The van der Waals surface area contributed by atoms with Crippen LogP contribution in [0.15, 0.2) is 35.3 Å². The molecule has 0 aliphatic rings. The molecule has 1 amide bonds. The lowest BCUT2D eigenvalue weighted by Gasteiger charge is -2.22. The van der Waals surface area contributed by atoms with E-state index >= 15 is 0 Å². The summed E-state index contributed by atoms with van der Waals surface area (Å²) in [6.07, 6.45) is 1.77. The van der Waals surface area contributed by atoms with Crippen LogP contribution in [0.3, 0.4) is 0 Å². The molecular weight excluding hydrogens is 313 g/mol. The van der Waals surface area contributed by atoms with Crippen LogP contribution in [0, 0.1) is 5.82 Å². The summed E-state index contributed by atoms with van der Waals surface area (Å²) in [7, 11) is 1.53. The van der Waals surface area contributed by atoms with Crippen molar-refractivity contribution in [3.8, 4) is 0 Å². The molecule has 0 fully saturated rings. The van der Waals surface area contributed by atoms with E-state index in [0.717, 1.165) is 0 Å². The highest BCUT2D eigenvalue weighted by Gasteiger charge is 2.21. The molecule has 1 aromatic rings. The van der Waals surface area contributed by atoms with Crippen LogP contribution in [-0.2, 0) is 9.53 Å². The maximum atomic E-state index is 13.8. The maximum absolute atomic E-state index is 13.8. The summed E-state index contributed by atoms with van der Waals surface area (Å²) >= 11 is 3.18. The van der Waals surface area contributed by atoms with E-state index in [1.165, 1.54) is 18.0 Å². The summed E-state index contributed by atoms with van der Waals surface area (Å²) in [4.78, 5) is 13.3. The van der Waals surface area contributed by atoms with Gasteiger partial charge >= 0.3 is 0 Å². The average molecular weight is 330 g/mol. The van der Waals surface area contributed by atoms with Crippen LogP contribution in [0.1, 0.15) is 13.3 Å². The largest absolute Gasteiger partial charge is 0.368 e. The Labute approximate surface area is 121 Å². The number of hydrogen-bond donors (Lipinski definition) is 0. The second kappa shape index (κ2) is 7.40. The lowest BCUT2D eigenvalue weighted by molar-refractivity contribution is -0.128. The Morgan fingerprint density at radius 3 is 2.89 bits per heavy atom. The zero-order chi connectivity index (χ0) is 14.4. The summed E-state index contributed by atoms with van der Waals surface area (Å²) in [5.41, 5.74) is 0.229. The highest BCUT2D eigenvalue weighted by Crippen LogP contribution is 2.23. The Morgan fingerprint density at radius 1 is 1.63 bits per heavy atom. The SMILES string of the molecule is C=CCCOC(C)C(=O)N(C)c1ccc(Br)cc1F. The number of halogens is 2. The van der Waals surface area contributed by atoms with Crippen molar-refractivity contribution < 1.29 is 13.9 Å². The molecule has 5 heteroatoms. The van der Waals surface area contributed by atoms with Gasteiger partial charge in [0.25, 0.3) is 5.91 Å². The van der Waals surface area contributed by atoms with Gasteiger partial charge in [0.2, 0.25) is 0 Å². The van der Waals surface area contributed by atoms with Gasteiger partial charge in [0.05, 0.1) is 12.3 Å². The second-order valence-corrected chi connectivity index (χ2v) is 5.00. The van der Waals surface area contributed by atoms with Crippen molar-refractivity contribution in [1.82, 2.24) is 0 Å². The molecule has 0 saturated carbocycles. The van der Waals surface area contributed by atoms with Gasteiger partial charge in [-0.3, -0.25) is 4.79 Å². The van der Waals surface area contributed by atoms with E-state index in [1.54, 1.807) is 25.1 Å². The zero-order valence-electron chi connectivity index (χ0n) is 11.0. The molecule has 1 rings (SSSR count). The quantitative estimate of drug-likeness (QED) is 0.590. The molecule has 1 unspecified atom stereocenters. The van der Waals surface area contributed by atoms with Crippen LogP contribution in [0.4, 0.5) is 10.1 Å². The van der Waals surface area contributed by atoms with Gasteiger partial charge in [0, 0.05) is 11.5 Å². The van der Waals surface area contributed by atoms with Crippen molar-refractivity contribution in [2.45, 2.75) is 19.4 Å². The van der Waals surface area contributed by atoms with E-state index in [-0.39, 0.29) is 11.6 Å². The van der Waals surface area contributed by atoms with Crippen LogP contribution in [0.25, 0.3) is 0 Å². The molecule has 0 saturated heterocycles. The summed E-state index contributed by atoms with van der Waals surface area (Å²) in [6.45, 7) is 5.65.